The molecule has 0 aliphatic carbocycles. The van der Waals surface area contributed by atoms with E-state index in [0.717, 1.165) is 42.0 Å². The maximum atomic E-state index is 12.2. The number of aromatic nitrogens is 3. The molecule has 4 rings (SSSR count). The molecule has 0 atom stereocenters. The van der Waals surface area contributed by atoms with E-state index >= 15 is 0 Å². The Bertz CT molecular complexity index is 916. The Morgan fingerprint density at radius 3 is 2.96 bits per heavy atom. The van der Waals surface area contributed by atoms with Crippen LogP contribution in [0.25, 0.3) is 11.3 Å². The topological polar surface area (TPSA) is 61.9 Å². The van der Waals surface area contributed by atoms with Gasteiger partial charge in [-0.15, -0.1) is 11.3 Å². The molecule has 0 fully saturated rings. The van der Waals surface area contributed by atoms with Gasteiger partial charge in [0, 0.05) is 36.5 Å². The lowest BCUT2D eigenvalue weighted by Gasteiger charge is -2.27. The van der Waals surface area contributed by atoms with Crippen LogP contribution in [0.2, 0.25) is 0 Å². The molecule has 0 unspecified atom stereocenters. The highest BCUT2D eigenvalue weighted by molar-refractivity contribution is 7.10. The average Bonchev–Trinajstić information content (AvgIpc) is 3.04. The molecule has 0 bridgehead atoms. The van der Waals surface area contributed by atoms with E-state index < -0.39 is 0 Å². The van der Waals surface area contributed by atoms with E-state index in [1.165, 1.54) is 4.88 Å². The average molecular weight is 338 g/mol. The zero-order chi connectivity index (χ0) is 16.5. The second-order valence-electron chi connectivity index (χ2n) is 6.03. The van der Waals surface area contributed by atoms with Crippen molar-refractivity contribution in [2.75, 3.05) is 6.54 Å². The van der Waals surface area contributed by atoms with Gasteiger partial charge in [0.15, 0.2) is 0 Å². The lowest BCUT2D eigenvalue weighted by atomic mass is 10.1. The summed E-state index contributed by atoms with van der Waals surface area (Å²) in [4.78, 5) is 27.6. The summed E-state index contributed by atoms with van der Waals surface area (Å²) in [5, 5.41) is 0. The Morgan fingerprint density at radius 1 is 1.29 bits per heavy atom. The zero-order valence-electron chi connectivity index (χ0n) is 13.5. The second kappa shape index (κ2) is 6.30. The van der Waals surface area contributed by atoms with Crippen molar-refractivity contribution in [1.29, 1.82) is 0 Å². The van der Waals surface area contributed by atoms with Crippen molar-refractivity contribution in [3.05, 3.63) is 68.2 Å². The third-order valence-electron chi connectivity index (χ3n) is 4.32. The molecule has 0 saturated carbocycles. The van der Waals surface area contributed by atoms with Crippen molar-refractivity contribution in [1.82, 2.24) is 19.9 Å². The van der Waals surface area contributed by atoms with Gasteiger partial charge in [-0.25, -0.2) is 9.97 Å². The molecule has 0 saturated heterocycles. The first kappa shape index (κ1) is 15.2. The van der Waals surface area contributed by atoms with Gasteiger partial charge in [-0.2, -0.15) is 0 Å². The number of nitrogens with one attached hydrogen (secondary N) is 1. The van der Waals surface area contributed by atoms with Crippen LogP contribution in [0.3, 0.4) is 0 Å². The van der Waals surface area contributed by atoms with Gasteiger partial charge in [0.1, 0.15) is 5.82 Å². The van der Waals surface area contributed by atoms with E-state index in [1.54, 1.807) is 11.3 Å². The number of benzene rings is 1. The number of rotatable bonds is 3. The first-order valence-electron chi connectivity index (χ1n) is 7.99. The smallest absolute Gasteiger partial charge is 0.255 e. The standard InChI is InChI=1S/C18H18N4OS/c1-12-20-15-7-8-22(9-14(15)18(23)21-12)10-16-17(19-11-24-16)13-5-3-2-4-6-13/h2-6,11H,7-10H2,1H3,(H,20,21,23). The van der Waals surface area contributed by atoms with Crippen molar-refractivity contribution in [2.24, 2.45) is 0 Å². The fraction of sp³-hybridized carbons (Fsp3) is 0.278. The van der Waals surface area contributed by atoms with E-state index in [2.05, 4.69) is 32.0 Å². The maximum absolute atomic E-state index is 12.2. The minimum Gasteiger partial charge on any atom is -0.310 e. The molecule has 24 heavy (non-hydrogen) atoms. The van der Waals surface area contributed by atoms with Crippen LogP contribution in [0.1, 0.15) is 22.0 Å². The van der Waals surface area contributed by atoms with E-state index in [0.29, 0.717) is 12.4 Å². The van der Waals surface area contributed by atoms with Crippen LogP contribution in [-0.2, 0) is 19.5 Å². The van der Waals surface area contributed by atoms with Gasteiger partial charge < -0.3 is 4.98 Å². The Hall–Kier alpha value is -2.31. The summed E-state index contributed by atoms with van der Waals surface area (Å²) in [6.45, 7) is 4.19. The fourth-order valence-electron chi connectivity index (χ4n) is 3.16. The minimum absolute atomic E-state index is 0.00483. The first-order chi connectivity index (χ1) is 11.7. The van der Waals surface area contributed by atoms with E-state index in [-0.39, 0.29) is 5.56 Å². The highest BCUT2D eigenvalue weighted by atomic mass is 32.1. The highest BCUT2D eigenvalue weighted by Crippen LogP contribution is 2.27. The number of hydrogen-bond acceptors (Lipinski definition) is 5. The third-order valence-corrected chi connectivity index (χ3v) is 5.14. The Balaban J connectivity index is 1.58. The summed E-state index contributed by atoms with van der Waals surface area (Å²) in [6.07, 6.45) is 0.819. The molecule has 5 nitrogen and oxygen atoms in total. The van der Waals surface area contributed by atoms with Gasteiger partial charge in [0.05, 0.1) is 22.5 Å². The second-order valence-corrected chi connectivity index (χ2v) is 6.97. The quantitative estimate of drug-likeness (QED) is 0.798. The molecule has 1 N–H and O–H groups in total. The van der Waals surface area contributed by atoms with Gasteiger partial charge in [0.2, 0.25) is 0 Å². The lowest BCUT2D eigenvalue weighted by Crippen LogP contribution is -2.35. The first-order valence-corrected chi connectivity index (χ1v) is 8.87. The van der Waals surface area contributed by atoms with Gasteiger partial charge in [-0.05, 0) is 6.92 Å². The van der Waals surface area contributed by atoms with Crippen LogP contribution in [-0.4, -0.2) is 26.4 Å². The predicted octanol–water partition coefficient (Wildman–Crippen LogP) is 2.76. The summed E-state index contributed by atoms with van der Waals surface area (Å²) in [7, 11) is 0. The molecular weight excluding hydrogens is 320 g/mol. The maximum Gasteiger partial charge on any atom is 0.255 e. The van der Waals surface area contributed by atoms with Gasteiger partial charge in [-0.3, -0.25) is 9.69 Å². The summed E-state index contributed by atoms with van der Waals surface area (Å²) in [5.74, 6) is 0.695. The molecule has 1 aliphatic heterocycles. The minimum atomic E-state index is -0.00483. The fourth-order valence-corrected chi connectivity index (χ4v) is 3.98. The van der Waals surface area contributed by atoms with Crippen molar-refractivity contribution < 1.29 is 0 Å². The lowest BCUT2D eigenvalue weighted by molar-refractivity contribution is 0.244. The number of aromatic amines is 1. The number of nitrogens with zero attached hydrogens (tertiary/aromatic N) is 3. The van der Waals surface area contributed by atoms with Crippen LogP contribution in [0.15, 0.2) is 40.6 Å². The number of H-pyrrole nitrogens is 1. The molecular formula is C18H18N4OS. The Morgan fingerprint density at radius 2 is 2.12 bits per heavy atom. The van der Waals surface area contributed by atoms with Crippen molar-refractivity contribution in [2.45, 2.75) is 26.4 Å². The predicted molar refractivity (Wildman–Crippen MR) is 95.0 cm³/mol. The van der Waals surface area contributed by atoms with Crippen molar-refractivity contribution in [3.63, 3.8) is 0 Å². The highest BCUT2D eigenvalue weighted by Gasteiger charge is 2.22. The van der Waals surface area contributed by atoms with Gasteiger partial charge >= 0.3 is 0 Å². The molecule has 0 radical (unpaired) electrons. The van der Waals surface area contributed by atoms with Gasteiger partial charge in [0.25, 0.3) is 5.56 Å². The van der Waals surface area contributed by atoms with E-state index in [1.807, 2.05) is 30.6 Å². The number of hydrogen-bond donors (Lipinski definition) is 1. The van der Waals surface area contributed by atoms with Crippen molar-refractivity contribution >= 4 is 11.3 Å². The van der Waals surface area contributed by atoms with E-state index in [9.17, 15) is 4.79 Å². The van der Waals surface area contributed by atoms with Gasteiger partial charge in [-0.1, -0.05) is 30.3 Å². The number of aryl methyl sites for hydroxylation is 1. The van der Waals surface area contributed by atoms with Crippen LogP contribution >= 0.6 is 11.3 Å². The molecule has 122 valence electrons. The molecule has 2 aromatic heterocycles. The SMILES string of the molecule is Cc1nc2c(c(=O)[nH]1)CN(Cc1scnc1-c1ccccc1)CC2. The Labute approximate surface area is 144 Å². The summed E-state index contributed by atoms with van der Waals surface area (Å²) in [5.41, 5.74) is 5.82. The molecule has 1 aliphatic rings. The zero-order valence-corrected chi connectivity index (χ0v) is 14.3. The monoisotopic (exact) mass is 338 g/mol. The third kappa shape index (κ3) is 2.90. The largest absolute Gasteiger partial charge is 0.310 e. The summed E-state index contributed by atoms with van der Waals surface area (Å²) < 4.78 is 0. The number of thiazole rings is 1. The molecule has 1 aromatic carbocycles. The van der Waals surface area contributed by atoms with Crippen molar-refractivity contribution in [3.8, 4) is 11.3 Å². The normalized spacial score (nSPS) is 14.5. The van der Waals surface area contributed by atoms with E-state index in [4.69, 9.17) is 0 Å². The van der Waals surface area contributed by atoms with Crippen LogP contribution in [0.5, 0.6) is 0 Å². The molecule has 0 spiro atoms. The molecule has 6 heteroatoms. The molecule has 3 aromatic rings. The Kier molecular flexibility index (Phi) is 4.00. The number of fused-ring (bicyclic) bond motifs is 1. The summed E-state index contributed by atoms with van der Waals surface area (Å²) >= 11 is 1.67. The molecule has 3 heterocycles. The van der Waals surface area contributed by atoms with Crippen LogP contribution in [0.4, 0.5) is 0 Å². The molecule has 0 amide bonds. The van der Waals surface area contributed by atoms with Crippen LogP contribution in [0, 0.1) is 6.92 Å². The summed E-state index contributed by atoms with van der Waals surface area (Å²) in [6, 6.07) is 10.2. The van der Waals surface area contributed by atoms with Crippen LogP contribution < -0.4 is 5.56 Å².